The summed E-state index contributed by atoms with van der Waals surface area (Å²) in [5.41, 5.74) is 2.51. The van der Waals surface area contributed by atoms with Gasteiger partial charge in [-0.05, 0) is 30.3 Å². The number of fused-ring (bicyclic) bond motifs is 1. The van der Waals surface area contributed by atoms with E-state index in [9.17, 15) is 4.79 Å². The Morgan fingerprint density at radius 2 is 1.89 bits per heavy atom. The van der Waals surface area contributed by atoms with Crippen molar-refractivity contribution in [3.8, 4) is 22.1 Å². The van der Waals surface area contributed by atoms with Gasteiger partial charge in [0.05, 0.1) is 36.6 Å². The van der Waals surface area contributed by atoms with E-state index in [2.05, 4.69) is 15.3 Å². The Labute approximate surface area is 169 Å². The molecule has 2 aromatic carbocycles. The topological polar surface area (TPSA) is 73.3 Å². The van der Waals surface area contributed by atoms with Crippen LogP contribution in [0.5, 0.6) is 11.5 Å². The van der Waals surface area contributed by atoms with E-state index >= 15 is 0 Å². The van der Waals surface area contributed by atoms with Crippen LogP contribution in [0.2, 0.25) is 0 Å². The number of hydrogen-bond donors (Lipinski definition) is 1. The van der Waals surface area contributed by atoms with Crippen LogP contribution in [0.15, 0.2) is 47.8 Å². The normalized spacial score (nSPS) is 10.8. The molecule has 0 saturated heterocycles. The largest absolute Gasteiger partial charge is 0.493 e. The van der Waals surface area contributed by atoms with Crippen LogP contribution < -0.4 is 14.8 Å². The quantitative estimate of drug-likeness (QED) is 0.501. The van der Waals surface area contributed by atoms with Gasteiger partial charge in [-0.2, -0.15) is 0 Å². The minimum Gasteiger partial charge on any atom is -0.493 e. The highest BCUT2D eigenvalue weighted by molar-refractivity contribution is 7.22. The highest BCUT2D eigenvalue weighted by Gasteiger charge is 2.13. The molecule has 0 aliphatic heterocycles. The fourth-order valence-electron chi connectivity index (χ4n) is 2.74. The Kier molecular flexibility index (Phi) is 5.23. The van der Waals surface area contributed by atoms with Crippen molar-refractivity contribution in [2.24, 2.45) is 0 Å². The molecule has 0 aliphatic rings. The molecule has 4 aromatic rings. The zero-order chi connectivity index (χ0) is 19.5. The standard InChI is InChI=1S/C20H17N3O3S2/c1-25-15-8-7-12(9-16(15)26-2)19-21-13(11-27-19)10-18(24)23-20-22-14-5-3-4-6-17(14)28-20/h3-9,11H,10H2,1-2H3,(H,22,23,24). The summed E-state index contributed by atoms with van der Waals surface area (Å²) in [6.07, 6.45) is 0.194. The second-order valence-corrected chi connectivity index (χ2v) is 7.81. The summed E-state index contributed by atoms with van der Waals surface area (Å²) in [5, 5.41) is 6.17. The highest BCUT2D eigenvalue weighted by atomic mass is 32.1. The molecule has 0 spiro atoms. The maximum absolute atomic E-state index is 12.4. The third-order valence-corrected chi connectivity index (χ3v) is 5.96. The van der Waals surface area contributed by atoms with Crippen LogP contribution in [0.3, 0.4) is 0 Å². The van der Waals surface area contributed by atoms with E-state index in [0.29, 0.717) is 22.3 Å². The predicted octanol–water partition coefficient (Wildman–Crippen LogP) is 4.62. The summed E-state index contributed by atoms with van der Waals surface area (Å²) < 4.78 is 11.7. The summed E-state index contributed by atoms with van der Waals surface area (Å²) >= 11 is 2.95. The smallest absolute Gasteiger partial charge is 0.232 e. The Balaban J connectivity index is 1.46. The van der Waals surface area contributed by atoms with E-state index in [1.807, 2.05) is 47.8 Å². The van der Waals surface area contributed by atoms with E-state index < -0.39 is 0 Å². The molecule has 1 N–H and O–H groups in total. The molecule has 0 fully saturated rings. The maximum Gasteiger partial charge on any atom is 0.232 e. The number of nitrogens with one attached hydrogen (secondary N) is 1. The minimum atomic E-state index is -0.136. The van der Waals surface area contributed by atoms with Crippen molar-refractivity contribution in [3.05, 3.63) is 53.5 Å². The van der Waals surface area contributed by atoms with Crippen LogP contribution in [0, 0.1) is 0 Å². The number of ether oxygens (including phenoxy) is 2. The summed E-state index contributed by atoms with van der Waals surface area (Å²) in [4.78, 5) is 21.4. The average Bonchev–Trinajstić information content (AvgIpc) is 3.33. The number of carbonyl (C=O) groups excluding carboxylic acids is 1. The summed E-state index contributed by atoms with van der Waals surface area (Å²) in [6, 6.07) is 13.4. The Hall–Kier alpha value is -2.97. The number of nitrogens with zero attached hydrogens (tertiary/aromatic N) is 2. The second kappa shape index (κ2) is 7.95. The highest BCUT2D eigenvalue weighted by Crippen LogP contribution is 2.33. The SMILES string of the molecule is COc1ccc(-c2nc(CC(=O)Nc3nc4ccccc4s3)cs2)cc1OC. The van der Waals surface area contributed by atoms with E-state index in [0.717, 1.165) is 20.8 Å². The molecule has 142 valence electrons. The lowest BCUT2D eigenvalue weighted by Gasteiger charge is -2.08. The first kappa shape index (κ1) is 18.4. The zero-order valence-electron chi connectivity index (χ0n) is 15.3. The Bertz CT molecular complexity index is 1100. The fourth-order valence-corrected chi connectivity index (χ4v) is 4.44. The molecule has 28 heavy (non-hydrogen) atoms. The third-order valence-electron chi connectivity index (χ3n) is 4.06. The van der Waals surface area contributed by atoms with Gasteiger partial charge in [0.2, 0.25) is 5.91 Å². The van der Waals surface area contributed by atoms with Crippen molar-refractivity contribution >= 4 is 43.9 Å². The molecular formula is C20H17N3O3S2. The number of rotatable bonds is 6. The van der Waals surface area contributed by atoms with Crippen molar-refractivity contribution in [2.45, 2.75) is 6.42 Å². The van der Waals surface area contributed by atoms with Crippen LogP contribution in [0.25, 0.3) is 20.8 Å². The van der Waals surface area contributed by atoms with E-state index in [4.69, 9.17) is 9.47 Å². The molecule has 1 amide bonds. The lowest BCUT2D eigenvalue weighted by molar-refractivity contribution is -0.115. The number of para-hydroxylation sites is 1. The van der Waals surface area contributed by atoms with Gasteiger partial charge in [-0.1, -0.05) is 23.5 Å². The summed E-state index contributed by atoms with van der Waals surface area (Å²) in [6.45, 7) is 0. The maximum atomic E-state index is 12.4. The van der Waals surface area contributed by atoms with E-state index in [-0.39, 0.29) is 12.3 Å². The van der Waals surface area contributed by atoms with Gasteiger partial charge in [-0.3, -0.25) is 4.79 Å². The lowest BCUT2D eigenvalue weighted by Crippen LogP contribution is -2.14. The molecule has 0 radical (unpaired) electrons. The Morgan fingerprint density at radius 3 is 2.68 bits per heavy atom. The first-order chi connectivity index (χ1) is 13.7. The number of thiazole rings is 2. The van der Waals surface area contributed by atoms with Gasteiger partial charge in [0, 0.05) is 10.9 Å². The first-order valence-corrected chi connectivity index (χ1v) is 10.2. The summed E-state index contributed by atoms with van der Waals surface area (Å²) in [7, 11) is 3.20. The van der Waals surface area contributed by atoms with E-state index in [1.165, 1.54) is 22.7 Å². The first-order valence-electron chi connectivity index (χ1n) is 8.48. The molecule has 0 atom stereocenters. The van der Waals surface area contributed by atoms with Gasteiger partial charge in [0.1, 0.15) is 5.01 Å². The Morgan fingerprint density at radius 1 is 1.07 bits per heavy atom. The molecule has 4 rings (SSSR count). The average molecular weight is 412 g/mol. The predicted molar refractivity (Wildman–Crippen MR) is 113 cm³/mol. The molecule has 0 bridgehead atoms. The zero-order valence-corrected chi connectivity index (χ0v) is 16.9. The number of hydrogen-bond acceptors (Lipinski definition) is 7. The third kappa shape index (κ3) is 3.83. The fraction of sp³-hybridized carbons (Fsp3) is 0.150. The van der Waals surface area contributed by atoms with Crippen LogP contribution in [-0.4, -0.2) is 30.1 Å². The van der Waals surface area contributed by atoms with Crippen LogP contribution >= 0.6 is 22.7 Å². The van der Waals surface area contributed by atoms with Gasteiger partial charge < -0.3 is 14.8 Å². The van der Waals surface area contributed by atoms with Gasteiger partial charge in [-0.25, -0.2) is 9.97 Å². The molecule has 8 heteroatoms. The van der Waals surface area contributed by atoms with Crippen molar-refractivity contribution in [2.75, 3.05) is 19.5 Å². The van der Waals surface area contributed by atoms with Crippen LogP contribution in [0.1, 0.15) is 5.69 Å². The monoisotopic (exact) mass is 411 g/mol. The van der Waals surface area contributed by atoms with Crippen molar-refractivity contribution < 1.29 is 14.3 Å². The second-order valence-electron chi connectivity index (χ2n) is 5.93. The van der Waals surface area contributed by atoms with Crippen LogP contribution in [0.4, 0.5) is 5.13 Å². The molecular weight excluding hydrogens is 394 g/mol. The van der Waals surface area contributed by atoms with Crippen molar-refractivity contribution in [1.29, 1.82) is 0 Å². The van der Waals surface area contributed by atoms with Crippen molar-refractivity contribution in [3.63, 3.8) is 0 Å². The van der Waals surface area contributed by atoms with Gasteiger partial charge in [0.25, 0.3) is 0 Å². The number of methoxy groups -OCH3 is 2. The van der Waals surface area contributed by atoms with E-state index in [1.54, 1.807) is 14.2 Å². The minimum absolute atomic E-state index is 0.136. The summed E-state index contributed by atoms with van der Waals surface area (Å²) in [5.74, 6) is 1.17. The number of amides is 1. The molecule has 2 aromatic heterocycles. The number of carbonyl (C=O) groups is 1. The number of aromatic nitrogens is 2. The lowest BCUT2D eigenvalue weighted by atomic mass is 10.2. The molecule has 6 nitrogen and oxygen atoms in total. The number of anilines is 1. The van der Waals surface area contributed by atoms with Gasteiger partial charge in [-0.15, -0.1) is 11.3 Å². The molecule has 0 unspecified atom stereocenters. The molecule has 2 heterocycles. The van der Waals surface area contributed by atoms with Gasteiger partial charge in [0.15, 0.2) is 16.6 Å². The molecule has 0 aliphatic carbocycles. The van der Waals surface area contributed by atoms with Crippen molar-refractivity contribution in [1.82, 2.24) is 9.97 Å². The van der Waals surface area contributed by atoms with Crippen LogP contribution in [-0.2, 0) is 11.2 Å². The number of benzene rings is 2. The van der Waals surface area contributed by atoms with Gasteiger partial charge >= 0.3 is 0 Å². The molecule has 0 saturated carbocycles.